The number of rotatable bonds is 5. The number of hydrogen-bond acceptors (Lipinski definition) is 3. The Morgan fingerprint density at radius 2 is 2.06 bits per heavy atom. The molecular weight excluding hydrogens is 236 g/mol. The Kier molecular flexibility index (Phi) is 4.54. The van der Waals surface area contributed by atoms with Gasteiger partial charge in [0.05, 0.1) is 4.90 Å². The van der Waals surface area contributed by atoms with Crippen molar-refractivity contribution in [3.8, 4) is 0 Å². The molecule has 0 fully saturated rings. The standard InChI is InChI=1S/C12H20N2O2S/c1-4-5-10(3)14-17(15,16)12-7-6-11(13)8-9(12)2/h6-8,10,14H,4-5,13H2,1-3H3. The highest BCUT2D eigenvalue weighted by molar-refractivity contribution is 7.89. The van der Waals surface area contributed by atoms with Gasteiger partial charge in [-0.2, -0.15) is 0 Å². The number of anilines is 1. The Balaban J connectivity index is 2.97. The van der Waals surface area contributed by atoms with Crippen LogP contribution in [0.3, 0.4) is 0 Å². The van der Waals surface area contributed by atoms with Crippen molar-refractivity contribution in [3.63, 3.8) is 0 Å². The fraction of sp³-hybridized carbons (Fsp3) is 0.500. The molecule has 0 spiro atoms. The number of nitrogens with two attached hydrogens (primary N) is 1. The van der Waals surface area contributed by atoms with Crippen molar-refractivity contribution in [1.82, 2.24) is 4.72 Å². The Hall–Kier alpha value is -1.07. The molecule has 0 bridgehead atoms. The summed E-state index contributed by atoms with van der Waals surface area (Å²) in [6.45, 7) is 5.64. The lowest BCUT2D eigenvalue weighted by Crippen LogP contribution is -2.32. The van der Waals surface area contributed by atoms with Gasteiger partial charge in [-0.25, -0.2) is 13.1 Å². The van der Waals surface area contributed by atoms with Crippen molar-refractivity contribution in [2.75, 3.05) is 5.73 Å². The first-order chi connectivity index (χ1) is 7.86. The topological polar surface area (TPSA) is 72.2 Å². The number of nitrogens with one attached hydrogen (secondary N) is 1. The van der Waals surface area contributed by atoms with Crippen molar-refractivity contribution in [2.45, 2.75) is 44.6 Å². The Morgan fingerprint density at radius 1 is 1.41 bits per heavy atom. The lowest BCUT2D eigenvalue weighted by Gasteiger charge is -2.14. The second kappa shape index (κ2) is 5.51. The molecule has 0 aliphatic carbocycles. The van der Waals surface area contributed by atoms with E-state index in [2.05, 4.69) is 4.72 Å². The smallest absolute Gasteiger partial charge is 0.241 e. The van der Waals surface area contributed by atoms with Crippen molar-refractivity contribution in [2.24, 2.45) is 0 Å². The fourth-order valence-corrected chi connectivity index (χ4v) is 3.30. The summed E-state index contributed by atoms with van der Waals surface area (Å²) in [6, 6.07) is 4.76. The lowest BCUT2D eigenvalue weighted by atomic mass is 10.2. The normalized spacial score (nSPS) is 13.6. The maximum Gasteiger partial charge on any atom is 0.241 e. The zero-order chi connectivity index (χ0) is 13.1. The summed E-state index contributed by atoms with van der Waals surface area (Å²) < 4.78 is 26.9. The number of hydrogen-bond donors (Lipinski definition) is 2. The number of aryl methyl sites for hydroxylation is 1. The highest BCUT2D eigenvalue weighted by Crippen LogP contribution is 2.18. The van der Waals surface area contributed by atoms with E-state index in [0.717, 1.165) is 12.8 Å². The van der Waals surface area contributed by atoms with Gasteiger partial charge in [0.1, 0.15) is 0 Å². The average molecular weight is 256 g/mol. The molecular formula is C12H20N2O2S. The molecule has 0 saturated carbocycles. The SMILES string of the molecule is CCCC(C)NS(=O)(=O)c1ccc(N)cc1C. The van der Waals surface area contributed by atoms with Gasteiger partial charge in [-0.15, -0.1) is 0 Å². The monoisotopic (exact) mass is 256 g/mol. The summed E-state index contributed by atoms with van der Waals surface area (Å²) in [5, 5.41) is 0. The van der Waals surface area contributed by atoms with Gasteiger partial charge < -0.3 is 5.73 Å². The zero-order valence-electron chi connectivity index (χ0n) is 10.5. The minimum atomic E-state index is -3.43. The Labute approximate surface area is 103 Å². The van der Waals surface area contributed by atoms with Gasteiger partial charge in [0.2, 0.25) is 10.0 Å². The average Bonchev–Trinajstić information content (AvgIpc) is 2.15. The maximum absolute atomic E-state index is 12.1. The van der Waals surface area contributed by atoms with Crippen LogP contribution in [-0.2, 0) is 10.0 Å². The first-order valence-corrected chi connectivity index (χ1v) is 7.23. The first-order valence-electron chi connectivity index (χ1n) is 5.75. The van der Waals surface area contributed by atoms with Crippen LogP contribution in [0.1, 0.15) is 32.3 Å². The molecule has 0 aromatic heterocycles. The minimum absolute atomic E-state index is 0.0537. The van der Waals surface area contributed by atoms with Crippen LogP contribution in [0, 0.1) is 6.92 Å². The molecule has 0 heterocycles. The van der Waals surface area contributed by atoms with Gasteiger partial charge in [-0.05, 0) is 44.0 Å². The van der Waals surface area contributed by atoms with E-state index in [4.69, 9.17) is 5.73 Å². The van der Waals surface area contributed by atoms with E-state index in [1.165, 1.54) is 0 Å². The summed E-state index contributed by atoms with van der Waals surface area (Å²) in [7, 11) is -3.43. The van der Waals surface area contributed by atoms with Crippen molar-refractivity contribution in [1.29, 1.82) is 0 Å². The van der Waals surface area contributed by atoms with Gasteiger partial charge in [-0.1, -0.05) is 13.3 Å². The fourth-order valence-electron chi connectivity index (χ4n) is 1.79. The van der Waals surface area contributed by atoms with Crippen LogP contribution < -0.4 is 10.5 Å². The van der Waals surface area contributed by atoms with Gasteiger partial charge in [0.25, 0.3) is 0 Å². The van der Waals surface area contributed by atoms with Crippen molar-refractivity contribution < 1.29 is 8.42 Å². The molecule has 1 aromatic carbocycles. The molecule has 1 aromatic rings. The first kappa shape index (κ1) is 14.0. The summed E-state index contributed by atoms with van der Waals surface area (Å²) in [6.07, 6.45) is 1.78. The van der Waals surface area contributed by atoms with E-state index >= 15 is 0 Å². The van der Waals surface area contributed by atoms with Crippen LogP contribution in [0.15, 0.2) is 23.1 Å². The van der Waals surface area contributed by atoms with Gasteiger partial charge in [-0.3, -0.25) is 0 Å². The van der Waals surface area contributed by atoms with Crippen LogP contribution in [0.5, 0.6) is 0 Å². The van der Waals surface area contributed by atoms with E-state index in [0.29, 0.717) is 16.1 Å². The summed E-state index contributed by atoms with van der Waals surface area (Å²) in [5.41, 5.74) is 6.84. The molecule has 1 unspecified atom stereocenters. The second-order valence-electron chi connectivity index (χ2n) is 4.34. The molecule has 3 N–H and O–H groups in total. The van der Waals surface area contributed by atoms with Crippen molar-refractivity contribution >= 4 is 15.7 Å². The molecule has 0 aliphatic heterocycles. The van der Waals surface area contributed by atoms with E-state index in [1.54, 1.807) is 25.1 Å². The molecule has 1 atom stereocenters. The molecule has 0 amide bonds. The quantitative estimate of drug-likeness (QED) is 0.792. The minimum Gasteiger partial charge on any atom is -0.399 e. The van der Waals surface area contributed by atoms with E-state index in [-0.39, 0.29) is 6.04 Å². The number of benzene rings is 1. The van der Waals surface area contributed by atoms with E-state index in [9.17, 15) is 8.42 Å². The van der Waals surface area contributed by atoms with Gasteiger partial charge in [0.15, 0.2) is 0 Å². The lowest BCUT2D eigenvalue weighted by molar-refractivity contribution is 0.543. The van der Waals surface area contributed by atoms with Gasteiger partial charge in [0, 0.05) is 11.7 Å². The highest BCUT2D eigenvalue weighted by Gasteiger charge is 2.18. The Bertz CT molecular complexity index is 483. The maximum atomic E-state index is 12.1. The second-order valence-corrected chi connectivity index (χ2v) is 6.02. The highest BCUT2D eigenvalue weighted by atomic mass is 32.2. The molecule has 96 valence electrons. The van der Waals surface area contributed by atoms with Crippen LogP contribution in [0.2, 0.25) is 0 Å². The van der Waals surface area contributed by atoms with E-state index < -0.39 is 10.0 Å². The molecule has 0 radical (unpaired) electrons. The molecule has 4 nitrogen and oxygen atoms in total. The third-order valence-corrected chi connectivity index (χ3v) is 4.32. The van der Waals surface area contributed by atoms with Gasteiger partial charge >= 0.3 is 0 Å². The van der Waals surface area contributed by atoms with Crippen LogP contribution in [0.4, 0.5) is 5.69 Å². The van der Waals surface area contributed by atoms with Crippen LogP contribution >= 0.6 is 0 Å². The third-order valence-electron chi connectivity index (χ3n) is 2.57. The number of nitrogen functional groups attached to an aromatic ring is 1. The summed E-state index contributed by atoms with van der Waals surface area (Å²) in [4.78, 5) is 0.301. The largest absolute Gasteiger partial charge is 0.399 e. The summed E-state index contributed by atoms with van der Waals surface area (Å²) in [5.74, 6) is 0. The molecule has 0 saturated heterocycles. The summed E-state index contributed by atoms with van der Waals surface area (Å²) >= 11 is 0. The third kappa shape index (κ3) is 3.71. The zero-order valence-corrected chi connectivity index (χ0v) is 11.3. The number of sulfonamides is 1. The predicted octanol–water partition coefficient (Wildman–Crippen LogP) is 2.04. The van der Waals surface area contributed by atoms with E-state index in [1.807, 2.05) is 13.8 Å². The molecule has 1 rings (SSSR count). The molecule has 17 heavy (non-hydrogen) atoms. The molecule has 0 aliphatic rings. The van der Waals surface area contributed by atoms with Crippen LogP contribution in [-0.4, -0.2) is 14.5 Å². The van der Waals surface area contributed by atoms with Crippen LogP contribution in [0.25, 0.3) is 0 Å². The predicted molar refractivity (Wildman–Crippen MR) is 70.3 cm³/mol. The van der Waals surface area contributed by atoms with Crippen molar-refractivity contribution in [3.05, 3.63) is 23.8 Å². The Morgan fingerprint density at radius 3 is 2.59 bits per heavy atom. The molecule has 5 heteroatoms.